The molecule has 8 heteroatoms. The summed E-state index contributed by atoms with van der Waals surface area (Å²) in [5.74, 6) is -1.35. The Balaban J connectivity index is 1.41. The highest BCUT2D eigenvalue weighted by atomic mass is 16.6. The first kappa shape index (κ1) is 24.0. The highest BCUT2D eigenvalue weighted by Gasteiger charge is 2.61. The van der Waals surface area contributed by atoms with E-state index in [0.29, 0.717) is 37.5 Å². The maximum atomic E-state index is 13.6. The van der Waals surface area contributed by atoms with E-state index in [1.165, 1.54) is 6.42 Å². The molecule has 0 aromatic carbocycles. The molecule has 0 aromatic heterocycles. The second kappa shape index (κ2) is 8.58. The fraction of sp³-hybridized carbons (Fsp3) is 0.840. The molecule has 3 unspecified atom stereocenters. The van der Waals surface area contributed by atoms with Crippen LogP contribution in [0.2, 0.25) is 0 Å². The highest BCUT2D eigenvalue weighted by molar-refractivity contribution is 5.96. The normalized spacial score (nSPS) is 37.6. The van der Waals surface area contributed by atoms with Crippen molar-refractivity contribution >= 4 is 23.8 Å². The van der Waals surface area contributed by atoms with Gasteiger partial charge in [0.2, 0.25) is 5.91 Å². The Kier molecular flexibility index (Phi) is 6.25. The van der Waals surface area contributed by atoms with Crippen molar-refractivity contribution in [3.8, 4) is 0 Å². The number of alkyl carbamates (subject to hydrolysis) is 1. The van der Waals surface area contributed by atoms with Gasteiger partial charge in [-0.15, -0.1) is 0 Å². The molecule has 0 aliphatic heterocycles. The lowest BCUT2D eigenvalue weighted by atomic mass is 9.77. The average molecular weight is 463 g/mol. The quantitative estimate of drug-likeness (QED) is 0.509. The first-order valence-electron chi connectivity index (χ1n) is 12.5. The molecule has 4 aliphatic rings. The molecule has 0 heterocycles. The fourth-order valence-electron chi connectivity index (χ4n) is 6.21. The Morgan fingerprint density at radius 2 is 1.70 bits per heavy atom. The zero-order valence-electron chi connectivity index (χ0n) is 20.2. The predicted octanol–water partition coefficient (Wildman–Crippen LogP) is 3.28. The van der Waals surface area contributed by atoms with Crippen molar-refractivity contribution in [2.45, 2.75) is 96.7 Å². The Morgan fingerprint density at radius 1 is 1.06 bits per heavy atom. The number of ketones is 1. The molecule has 33 heavy (non-hydrogen) atoms. The molecule has 0 saturated heterocycles. The first-order valence-corrected chi connectivity index (χ1v) is 12.5. The van der Waals surface area contributed by atoms with Crippen LogP contribution in [0.1, 0.15) is 79.1 Å². The van der Waals surface area contributed by atoms with Crippen molar-refractivity contribution in [1.29, 1.82) is 0 Å². The van der Waals surface area contributed by atoms with Gasteiger partial charge < -0.3 is 20.5 Å². The number of nitrogens with one attached hydrogen (secondary N) is 2. The first-order chi connectivity index (χ1) is 15.5. The number of carboxylic acids is 1. The summed E-state index contributed by atoms with van der Waals surface area (Å²) in [6, 6.07) is -0.780. The highest BCUT2D eigenvalue weighted by Crippen LogP contribution is 2.52. The van der Waals surface area contributed by atoms with Crippen LogP contribution in [0.3, 0.4) is 0 Å². The lowest BCUT2D eigenvalue weighted by Gasteiger charge is -2.33. The predicted molar refractivity (Wildman–Crippen MR) is 120 cm³/mol. The SMILES string of the molecule is CCC1C[C@]1(NC(=O)[C@@H]1CCCC1C(=O)[C@@H](NC(=O)OC1C[C@@H]2C[C@@H]2C1)C(C)(C)C)C(=O)O. The molecule has 8 atom stereocenters. The molecule has 0 radical (unpaired) electrons. The number of rotatable bonds is 8. The van der Waals surface area contributed by atoms with Crippen molar-refractivity contribution in [1.82, 2.24) is 10.6 Å². The zero-order chi connectivity index (χ0) is 24.1. The number of amides is 2. The van der Waals surface area contributed by atoms with Crippen LogP contribution in [0.25, 0.3) is 0 Å². The number of carbonyl (C=O) groups is 4. The summed E-state index contributed by atoms with van der Waals surface area (Å²) in [6.07, 6.45) is 5.33. The summed E-state index contributed by atoms with van der Waals surface area (Å²) >= 11 is 0. The third kappa shape index (κ3) is 4.76. The Bertz CT molecular complexity index is 825. The second-order valence-electron chi connectivity index (χ2n) is 11.8. The number of hydrogen-bond acceptors (Lipinski definition) is 5. The van der Waals surface area contributed by atoms with Gasteiger partial charge in [0.1, 0.15) is 11.6 Å². The van der Waals surface area contributed by atoms with Crippen molar-refractivity contribution in [3.05, 3.63) is 0 Å². The molecular formula is C25H38N2O6. The zero-order valence-corrected chi connectivity index (χ0v) is 20.2. The van der Waals surface area contributed by atoms with Crippen molar-refractivity contribution in [2.24, 2.45) is 35.0 Å². The molecule has 184 valence electrons. The molecule has 4 saturated carbocycles. The molecule has 0 spiro atoms. The van der Waals surface area contributed by atoms with Gasteiger partial charge in [-0.1, -0.05) is 40.5 Å². The van der Waals surface area contributed by atoms with Crippen LogP contribution >= 0.6 is 0 Å². The third-order valence-electron chi connectivity index (χ3n) is 8.43. The van der Waals surface area contributed by atoms with E-state index in [-0.39, 0.29) is 23.7 Å². The molecule has 4 rings (SSSR count). The van der Waals surface area contributed by atoms with Crippen molar-refractivity contribution < 1.29 is 29.0 Å². The van der Waals surface area contributed by atoms with Gasteiger partial charge in [-0.3, -0.25) is 9.59 Å². The molecule has 0 bridgehead atoms. The molecule has 4 aliphatic carbocycles. The number of carboxylic acid groups (broad SMARTS) is 1. The number of hydrogen-bond donors (Lipinski definition) is 3. The van der Waals surface area contributed by atoms with Crippen LogP contribution in [0, 0.1) is 35.0 Å². The molecule has 4 fully saturated rings. The smallest absolute Gasteiger partial charge is 0.408 e. The van der Waals surface area contributed by atoms with Gasteiger partial charge in [-0.05, 0) is 61.7 Å². The minimum absolute atomic E-state index is 0.0742. The van der Waals surface area contributed by atoms with E-state index < -0.39 is 40.9 Å². The fourth-order valence-corrected chi connectivity index (χ4v) is 6.21. The lowest BCUT2D eigenvalue weighted by molar-refractivity contribution is -0.145. The number of ether oxygens (including phenoxy) is 1. The maximum absolute atomic E-state index is 13.6. The molecule has 2 amide bonds. The topological polar surface area (TPSA) is 122 Å². The second-order valence-corrected chi connectivity index (χ2v) is 11.8. The average Bonchev–Trinajstić information content (AvgIpc) is 3.50. The van der Waals surface area contributed by atoms with Crippen LogP contribution in [0.15, 0.2) is 0 Å². The Hall–Kier alpha value is -2.12. The van der Waals surface area contributed by atoms with E-state index in [9.17, 15) is 24.3 Å². The maximum Gasteiger partial charge on any atom is 0.408 e. The van der Waals surface area contributed by atoms with Crippen LogP contribution in [0.4, 0.5) is 4.79 Å². The standard InChI is InChI=1S/C25H38N2O6/c1-5-15-12-25(15,22(30)31)27-21(29)18-8-6-7-17(18)19(28)20(24(2,3)4)26-23(32)33-16-10-13-9-14(13)11-16/h13-18,20H,5-12H2,1-4H3,(H,26,32)(H,27,29)(H,30,31)/t13-,14+,15?,16?,17?,18-,20-,25-/m1/s1. The van der Waals surface area contributed by atoms with Gasteiger partial charge in [0.15, 0.2) is 5.78 Å². The largest absolute Gasteiger partial charge is 0.479 e. The number of aliphatic carboxylic acids is 1. The minimum atomic E-state index is -1.20. The molecule has 0 aromatic rings. The van der Waals surface area contributed by atoms with E-state index in [1.807, 2.05) is 27.7 Å². The van der Waals surface area contributed by atoms with Gasteiger partial charge in [-0.2, -0.15) is 0 Å². The Labute approximate surface area is 195 Å². The molecule has 3 N–H and O–H groups in total. The van der Waals surface area contributed by atoms with Crippen LogP contribution < -0.4 is 10.6 Å². The van der Waals surface area contributed by atoms with Gasteiger partial charge >= 0.3 is 12.1 Å². The van der Waals surface area contributed by atoms with Crippen LogP contribution in [-0.2, 0) is 19.1 Å². The number of fused-ring (bicyclic) bond motifs is 1. The van der Waals surface area contributed by atoms with Gasteiger partial charge in [0.25, 0.3) is 0 Å². The van der Waals surface area contributed by atoms with Crippen LogP contribution in [-0.4, -0.2) is 46.5 Å². The monoisotopic (exact) mass is 462 g/mol. The van der Waals surface area contributed by atoms with Crippen molar-refractivity contribution in [3.63, 3.8) is 0 Å². The number of carbonyl (C=O) groups excluding carboxylic acids is 3. The number of Topliss-reactive ketones (excluding diaryl/α,β-unsaturated/α-hetero) is 1. The summed E-state index contributed by atoms with van der Waals surface area (Å²) < 4.78 is 5.60. The minimum Gasteiger partial charge on any atom is -0.479 e. The summed E-state index contributed by atoms with van der Waals surface area (Å²) in [4.78, 5) is 51.1. The van der Waals surface area contributed by atoms with Gasteiger partial charge in [-0.25, -0.2) is 9.59 Å². The van der Waals surface area contributed by atoms with E-state index in [1.54, 1.807) is 0 Å². The summed E-state index contributed by atoms with van der Waals surface area (Å²) in [6.45, 7) is 7.58. The third-order valence-corrected chi connectivity index (χ3v) is 8.43. The molecule has 8 nitrogen and oxygen atoms in total. The van der Waals surface area contributed by atoms with Crippen LogP contribution in [0.5, 0.6) is 0 Å². The summed E-state index contributed by atoms with van der Waals surface area (Å²) in [7, 11) is 0. The van der Waals surface area contributed by atoms with E-state index in [2.05, 4.69) is 10.6 Å². The Morgan fingerprint density at radius 3 is 2.24 bits per heavy atom. The van der Waals surface area contributed by atoms with E-state index in [0.717, 1.165) is 19.3 Å². The van der Waals surface area contributed by atoms with Gasteiger partial charge in [0, 0.05) is 11.8 Å². The lowest BCUT2D eigenvalue weighted by Crippen LogP contribution is -2.54. The molecular weight excluding hydrogens is 424 g/mol. The van der Waals surface area contributed by atoms with E-state index in [4.69, 9.17) is 4.74 Å². The van der Waals surface area contributed by atoms with Crippen molar-refractivity contribution in [2.75, 3.05) is 0 Å². The van der Waals surface area contributed by atoms with E-state index >= 15 is 0 Å². The summed E-state index contributed by atoms with van der Waals surface area (Å²) in [5, 5.41) is 15.2. The van der Waals surface area contributed by atoms with Gasteiger partial charge in [0.05, 0.1) is 6.04 Å². The summed E-state index contributed by atoms with van der Waals surface area (Å²) in [5.41, 5.74) is -1.75.